The van der Waals surface area contributed by atoms with E-state index in [1.165, 1.54) is 61.1 Å². The van der Waals surface area contributed by atoms with Gasteiger partial charge in [-0.25, -0.2) is 0 Å². The smallest absolute Gasteiger partial charge is 0.279 e. The number of likely N-dealkylation sites (tertiary alicyclic amines) is 1. The molecule has 1 amide bonds. The Morgan fingerprint density at radius 3 is 2.82 bits per heavy atom. The molecule has 3 atom stereocenters. The summed E-state index contributed by atoms with van der Waals surface area (Å²) in [6.07, 6.45) is 8.11. The zero-order valence-electron chi connectivity index (χ0n) is 14.0. The molecule has 0 spiro atoms. The number of carbonyl (C=O) groups excluding carboxylic acids is 1. The van der Waals surface area contributed by atoms with E-state index < -0.39 is 0 Å². The van der Waals surface area contributed by atoms with E-state index in [1.54, 1.807) is 0 Å². The minimum Gasteiger partial charge on any atom is -0.324 e. The highest BCUT2D eigenvalue weighted by Gasteiger charge is 2.37. The third kappa shape index (κ3) is 3.35. The summed E-state index contributed by atoms with van der Waals surface area (Å²) >= 11 is 0. The predicted octanol–water partition coefficient (Wildman–Crippen LogP) is 2.48. The Balaban J connectivity index is 1.62. The lowest BCUT2D eigenvalue weighted by Crippen LogP contribution is -3.18. The average Bonchev–Trinajstić information content (AvgIpc) is 2.52. The first-order chi connectivity index (χ1) is 10.6. The van der Waals surface area contributed by atoms with Crippen LogP contribution in [-0.2, 0) is 4.79 Å². The average molecular weight is 301 g/mol. The molecule has 1 heterocycles. The molecule has 0 aromatic heterocycles. The topological polar surface area (TPSA) is 33.5 Å². The first-order valence-corrected chi connectivity index (χ1v) is 8.86. The van der Waals surface area contributed by atoms with Gasteiger partial charge in [0, 0.05) is 11.6 Å². The van der Waals surface area contributed by atoms with E-state index in [0.29, 0.717) is 6.54 Å². The van der Waals surface area contributed by atoms with Crippen LogP contribution in [0.4, 0.5) is 5.69 Å². The molecule has 2 N–H and O–H groups in total. The predicted molar refractivity (Wildman–Crippen MR) is 90.2 cm³/mol. The Morgan fingerprint density at radius 2 is 1.95 bits per heavy atom. The molecule has 22 heavy (non-hydrogen) atoms. The SMILES string of the molecule is Cc1cccc(NC(=O)C[NH+]2CCC[C@@H]3CCCC[C@@H]32)c1C. The monoisotopic (exact) mass is 301 g/mol. The van der Waals surface area contributed by atoms with Crippen LogP contribution < -0.4 is 10.2 Å². The number of benzene rings is 1. The number of fused-ring (bicyclic) bond motifs is 1. The molecular weight excluding hydrogens is 272 g/mol. The van der Waals surface area contributed by atoms with Crippen molar-refractivity contribution in [3.05, 3.63) is 29.3 Å². The Bertz CT molecular complexity index is 538. The van der Waals surface area contributed by atoms with Crippen molar-refractivity contribution >= 4 is 11.6 Å². The van der Waals surface area contributed by atoms with Gasteiger partial charge in [0.15, 0.2) is 6.54 Å². The number of hydrogen-bond donors (Lipinski definition) is 2. The highest BCUT2D eigenvalue weighted by Crippen LogP contribution is 2.28. The fraction of sp³-hybridized carbons (Fsp3) is 0.632. The molecule has 1 aliphatic heterocycles. The molecule has 3 rings (SSSR count). The molecule has 1 unspecified atom stereocenters. The van der Waals surface area contributed by atoms with Crippen LogP contribution in [-0.4, -0.2) is 25.0 Å². The molecule has 1 aliphatic carbocycles. The number of amides is 1. The number of quaternary nitrogens is 1. The van der Waals surface area contributed by atoms with Crippen molar-refractivity contribution in [2.45, 2.75) is 58.4 Å². The molecule has 1 saturated carbocycles. The van der Waals surface area contributed by atoms with E-state index in [4.69, 9.17) is 0 Å². The molecular formula is C19H29N2O+. The van der Waals surface area contributed by atoms with Crippen LogP contribution in [0.15, 0.2) is 18.2 Å². The lowest BCUT2D eigenvalue weighted by Gasteiger charge is -2.40. The van der Waals surface area contributed by atoms with E-state index in [1.807, 2.05) is 12.1 Å². The van der Waals surface area contributed by atoms with Crippen LogP contribution >= 0.6 is 0 Å². The quantitative estimate of drug-likeness (QED) is 0.883. The zero-order chi connectivity index (χ0) is 15.5. The number of nitrogens with one attached hydrogen (secondary N) is 2. The second-order valence-electron chi connectivity index (χ2n) is 7.17. The molecule has 1 aromatic carbocycles. The maximum atomic E-state index is 12.5. The summed E-state index contributed by atoms with van der Waals surface area (Å²) in [6, 6.07) is 6.85. The minimum absolute atomic E-state index is 0.176. The first-order valence-electron chi connectivity index (χ1n) is 8.86. The minimum atomic E-state index is 0.176. The van der Waals surface area contributed by atoms with E-state index >= 15 is 0 Å². The molecule has 120 valence electrons. The molecule has 2 fully saturated rings. The Labute approximate surface area is 134 Å². The molecule has 0 bridgehead atoms. The van der Waals surface area contributed by atoms with Gasteiger partial charge in [-0.2, -0.15) is 0 Å². The Hall–Kier alpha value is -1.35. The van der Waals surface area contributed by atoms with E-state index in [-0.39, 0.29) is 5.91 Å². The summed E-state index contributed by atoms with van der Waals surface area (Å²) in [4.78, 5) is 14.0. The number of aryl methyl sites for hydroxylation is 1. The number of carbonyl (C=O) groups is 1. The maximum absolute atomic E-state index is 12.5. The summed E-state index contributed by atoms with van der Waals surface area (Å²) in [5.41, 5.74) is 3.39. The fourth-order valence-electron chi connectivity index (χ4n) is 4.37. The van der Waals surface area contributed by atoms with Crippen molar-refractivity contribution in [3.8, 4) is 0 Å². The van der Waals surface area contributed by atoms with Crippen molar-refractivity contribution in [2.24, 2.45) is 5.92 Å². The van der Waals surface area contributed by atoms with Crippen LogP contribution in [0.25, 0.3) is 0 Å². The second-order valence-corrected chi connectivity index (χ2v) is 7.17. The fourth-order valence-corrected chi connectivity index (χ4v) is 4.37. The van der Waals surface area contributed by atoms with Gasteiger partial charge in [0.25, 0.3) is 5.91 Å². The van der Waals surface area contributed by atoms with Gasteiger partial charge in [0.2, 0.25) is 0 Å². The van der Waals surface area contributed by atoms with Gasteiger partial charge in [0.1, 0.15) is 0 Å². The largest absolute Gasteiger partial charge is 0.324 e. The number of rotatable bonds is 3. The second kappa shape index (κ2) is 6.82. The number of hydrogen-bond acceptors (Lipinski definition) is 1. The number of piperidine rings is 1. The molecule has 3 nitrogen and oxygen atoms in total. The van der Waals surface area contributed by atoms with Gasteiger partial charge >= 0.3 is 0 Å². The van der Waals surface area contributed by atoms with Gasteiger partial charge in [-0.05, 0) is 63.1 Å². The highest BCUT2D eigenvalue weighted by atomic mass is 16.2. The summed E-state index contributed by atoms with van der Waals surface area (Å²) in [5, 5.41) is 3.13. The van der Waals surface area contributed by atoms with Gasteiger partial charge in [-0.3, -0.25) is 4.79 Å². The normalized spacial score (nSPS) is 28.0. The van der Waals surface area contributed by atoms with E-state index in [9.17, 15) is 4.79 Å². The van der Waals surface area contributed by atoms with Crippen LogP contribution in [0.3, 0.4) is 0 Å². The third-order valence-electron chi connectivity index (χ3n) is 5.77. The number of anilines is 1. The lowest BCUT2D eigenvalue weighted by atomic mass is 9.78. The van der Waals surface area contributed by atoms with Crippen molar-refractivity contribution in [3.63, 3.8) is 0 Å². The molecule has 1 aromatic rings. The summed E-state index contributed by atoms with van der Waals surface area (Å²) in [6.45, 7) is 5.97. The summed E-state index contributed by atoms with van der Waals surface area (Å²) in [7, 11) is 0. The van der Waals surface area contributed by atoms with Gasteiger partial charge in [-0.15, -0.1) is 0 Å². The standard InChI is InChI=1S/C19H28N2O/c1-14-7-5-10-17(15(14)2)20-19(22)13-21-12-6-9-16-8-3-4-11-18(16)21/h5,7,10,16,18H,3-4,6,8-9,11-13H2,1-2H3,(H,20,22)/p+1/t16-,18-/m0/s1. The summed E-state index contributed by atoms with van der Waals surface area (Å²) in [5.74, 6) is 1.04. The van der Waals surface area contributed by atoms with Crippen molar-refractivity contribution in [1.29, 1.82) is 0 Å². The van der Waals surface area contributed by atoms with E-state index in [0.717, 1.165) is 17.6 Å². The third-order valence-corrected chi connectivity index (χ3v) is 5.77. The maximum Gasteiger partial charge on any atom is 0.279 e. The molecule has 3 heteroatoms. The van der Waals surface area contributed by atoms with Crippen LogP contribution in [0, 0.1) is 19.8 Å². The van der Waals surface area contributed by atoms with E-state index in [2.05, 4.69) is 25.2 Å². The van der Waals surface area contributed by atoms with Crippen LogP contribution in [0.5, 0.6) is 0 Å². The lowest BCUT2D eigenvalue weighted by molar-refractivity contribution is -0.928. The Morgan fingerprint density at radius 1 is 1.18 bits per heavy atom. The van der Waals surface area contributed by atoms with Crippen molar-refractivity contribution in [1.82, 2.24) is 0 Å². The molecule has 0 radical (unpaired) electrons. The summed E-state index contributed by atoms with van der Waals surface area (Å²) < 4.78 is 0. The first kappa shape index (κ1) is 15.5. The van der Waals surface area contributed by atoms with Gasteiger partial charge in [-0.1, -0.05) is 18.6 Å². The van der Waals surface area contributed by atoms with Gasteiger partial charge < -0.3 is 10.2 Å². The van der Waals surface area contributed by atoms with Crippen LogP contribution in [0.2, 0.25) is 0 Å². The molecule has 2 aliphatic rings. The van der Waals surface area contributed by atoms with Gasteiger partial charge in [0.05, 0.1) is 12.6 Å². The van der Waals surface area contributed by atoms with Crippen molar-refractivity contribution < 1.29 is 9.69 Å². The highest BCUT2D eigenvalue weighted by molar-refractivity contribution is 5.92. The zero-order valence-corrected chi connectivity index (χ0v) is 14.0. The molecule has 1 saturated heterocycles. The Kier molecular flexibility index (Phi) is 4.82. The van der Waals surface area contributed by atoms with Crippen LogP contribution in [0.1, 0.15) is 49.7 Å². The van der Waals surface area contributed by atoms with Crippen molar-refractivity contribution in [2.75, 3.05) is 18.4 Å².